The van der Waals surface area contributed by atoms with Crippen LogP contribution in [0.3, 0.4) is 0 Å². The van der Waals surface area contributed by atoms with Crippen LogP contribution in [0.4, 0.5) is 0 Å². The fourth-order valence-electron chi connectivity index (χ4n) is 2.59. The highest BCUT2D eigenvalue weighted by Crippen LogP contribution is 2.29. The maximum absolute atomic E-state index is 12.0. The van der Waals surface area contributed by atoms with Gasteiger partial charge >= 0.3 is 0 Å². The Balaban J connectivity index is 1.93. The second-order valence-corrected chi connectivity index (χ2v) is 5.63. The zero-order chi connectivity index (χ0) is 17.7. The van der Waals surface area contributed by atoms with Crippen molar-refractivity contribution in [2.45, 2.75) is 5.60 Å². The molecule has 0 spiro atoms. The molecule has 0 aliphatic rings. The van der Waals surface area contributed by atoms with Crippen LogP contribution in [0.15, 0.2) is 84.9 Å². The molecule has 0 aromatic heterocycles. The van der Waals surface area contributed by atoms with E-state index in [4.69, 9.17) is 5.73 Å². The summed E-state index contributed by atoms with van der Waals surface area (Å²) in [6.45, 7) is 0. The molecule has 0 radical (unpaired) electrons. The van der Waals surface area contributed by atoms with Crippen molar-refractivity contribution in [2.75, 3.05) is 0 Å². The van der Waals surface area contributed by atoms with E-state index in [1.165, 1.54) is 0 Å². The molecule has 3 aromatic rings. The molecule has 3 rings (SSSR count). The van der Waals surface area contributed by atoms with E-state index in [0.717, 1.165) is 11.1 Å². The minimum absolute atomic E-state index is 0.413. The zero-order valence-electron chi connectivity index (χ0n) is 13.5. The van der Waals surface area contributed by atoms with Crippen LogP contribution in [0, 0.1) is 11.8 Å². The number of amides is 1. The molecule has 3 nitrogen and oxygen atoms in total. The van der Waals surface area contributed by atoms with Gasteiger partial charge in [0, 0.05) is 11.1 Å². The summed E-state index contributed by atoms with van der Waals surface area (Å²) < 4.78 is 0. The third-order valence-electron chi connectivity index (χ3n) is 3.98. The van der Waals surface area contributed by atoms with Crippen LogP contribution in [0.1, 0.15) is 22.3 Å². The van der Waals surface area contributed by atoms with Gasteiger partial charge in [-0.25, -0.2) is 0 Å². The van der Waals surface area contributed by atoms with Gasteiger partial charge in [0.05, 0.1) is 0 Å². The summed E-state index contributed by atoms with van der Waals surface area (Å²) in [5, 5.41) is 10.9. The van der Waals surface area contributed by atoms with Gasteiger partial charge in [0.25, 0.3) is 5.91 Å². The van der Waals surface area contributed by atoms with Crippen molar-refractivity contribution in [3.05, 3.63) is 107 Å². The summed E-state index contributed by atoms with van der Waals surface area (Å²) in [6, 6.07) is 25.2. The molecule has 0 aliphatic heterocycles. The minimum atomic E-state index is -1.87. The molecule has 3 heteroatoms. The van der Waals surface area contributed by atoms with Crippen LogP contribution in [0.2, 0.25) is 0 Å². The standard InChI is InChI=1S/C22H17NO2/c23-21(24)22(25,19-9-5-2-6-10-19)20-15-13-18(14-16-20)12-11-17-7-3-1-4-8-17/h1-10,13-16,25H,(H2,23,24). The van der Waals surface area contributed by atoms with Gasteiger partial charge in [-0.3, -0.25) is 4.79 Å². The van der Waals surface area contributed by atoms with E-state index in [0.29, 0.717) is 11.1 Å². The average molecular weight is 327 g/mol. The van der Waals surface area contributed by atoms with Gasteiger partial charge in [-0.2, -0.15) is 0 Å². The number of carbonyl (C=O) groups excluding carboxylic acids is 1. The molecular formula is C22H17NO2. The number of hydrogen-bond acceptors (Lipinski definition) is 2. The average Bonchev–Trinajstić information content (AvgIpc) is 2.67. The number of primary amides is 1. The Bertz CT molecular complexity index is 923. The predicted octanol–water partition coefficient (Wildman–Crippen LogP) is 2.81. The zero-order valence-corrected chi connectivity index (χ0v) is 13.5. The lowest BCUT2D eigenvalue weighted by atomic mass is 9.85. The van der Waals surface area contributed by atoms with E-state index in [1.807, 2.05) is 36.4 Å². The van der Waals surface area contributed by atoms with Crippen molar-refractivity contribution < 1.29 is 9.90 Å². The van der Waals surface area contributed by atoms with E-state index in [9.17, 15) is 9.90 Å². The molecular weight excluding hydrogens is 310 g/mol. The largest absolute Gasteiger partial charge is 0.372 e. The Hall–Kier alpha value is -3.35. The van der Waals surface area contributed by atoms with Gasteiger partial charge in [-0.15, -0.1) is 0 Å². The normalized spacial score (nSPS) is 12.5. The van der Waals surface area contributed by atoms with Crippen molar-refractivity contribution in [1.82, 2.24) is 0 Å². The van der Waals surface area contributed by atoms with Crippen molar-refractivity contribution in [3.8, 4) is 11.8 Å². The van der Waals surface area contributed by atoms with Crippen LogP contribution >= 0.6 is 0 Å². The topological polar surface area (TPSA) is 63.3 Å². The van der Waals surface area contributed by atoms with Crippen LogP contribution in [0.25, 0.3) is 0 Å². The Kier molecular flexibility index (Phi) is 4.65. The number of carbonyl (C=O) groups is 1. The maximum atomic E-state index is 12.0. The van der Waals surface area contributed by atoms with Gasteiger partial charge in [-0.1, -0.05) is 72.5 Å². The predicted molar refractivity (Wildman–Crippen MR) is 97.5 cm³/mol. The Morgan fingerprint density at radius 2 is 1.16 bits per heavy atom. The summed E-state index contributed by atoms with van der Waals surface area (Å²) in [4.78, 5) is 12.0. The summed E-state index contributed by atoms with van der Waals surface area (Å²) in [6.07, 6.45) is 0. The molecule has 25 heavy (non-hydrogen) atoms. The summed E-state index contributed by atoms with van der Waals surface area (Å²) in [5.41, 5.74) is 6.18. The van der Waals surface area contributed by atoms with Gasteiger partial charge in [0.1, 0.15) is 0 Å². The van der Waals surface area contributed by atoms with E-state index < -0.39 is 11.5 Å². The molecule has 0 aliphatic carbocycles. The van der Waals surface area contributed by atoms with Gasteiger partial charge in [0.2, 0.25) is 0 Å². The van der Waals surface area contributed by atoms with Crippen molar-refractivity contribution in [1.29, 1.82) is 0 Å². The molecule has 122 valence electrons. The smallest absolute Gasteiger partial charge is 0.258 e. The molecule has 3 aromatic carbocycles. The first-order valence-corrected chi connectivity index (χ1v) is 7.86. The lowest BCUT2D eigenvalue weighted by Crippen LogP contribution is -2.42. The van der Waals surface area contributed by atoms with E-state index in [-0.39, 0.29) is 0 Å². The van der Waals surface area contributed by atoms with Crippen molar-refractivity contribution in [3.63, 3.8) is 0 Å². The fourth-order valence-corrected chi connectivity index (χ4v) is 2.59. The second kappa shape index (κ2) is 7.04. The van der Waals surface area contributed by atoms with Crippen LogP contribution < -0.4 is 5.73 Å². The molecule has 1 atom stereocenters. The Morgan fingerprint density at radius 3 is 1.68 bits per heavy atom. The van der Waals surface area contributed by atoms with Gasteiger partial charge in [0.15, 0.2) is 5.60 Å². The van der Waals surface area contributed by atoms with Gasteiger partial charge < -0.3 is 10.8 Å². The number of benzene rings is 3. The lowest BCUT2D eigenvalue weighted by molar-refractivity contribution is -0.133. The van der Waals surface area contributed by atoms with E-state index in [1.54, 1.807) is 48.5 Å². The molecule has 0 saturated carbocycles. The monoisotopic (exact) mass is 327 g/mol. The second-order valence-electron chi connectivity index (χ2n) is 5.63. The lowest BCUT2D eigenvalue weighted by Gasteiger charge is -2.25. The van der Waals surface area contributed by atoms with Crippen molar-refractivity contribution in [2.24, 2.45) is 5.73 Å². The maximum Gasteiger partial charge on any atom is 0.258 e. The van der Waals surface area contributed by atoms with Crippen LogP contribution in [-0.4, -0.2) is 11.0 Å². The molecule has 0 bridgehead atoms. The summed E-state index contributed by atoms with van der Waals surface area (Å²) >= 11 is 0. The first-order valence-electron chi connectivity index (χ1n) is 7.86. The molecule has 0 saturated heterocycles. The molecule has 1 amide bonds. The van der Waals surface area contributed by atoms with Crippen molar-refractivity contribution >= 4 is 5.91 Å². The van der Waals surface area contributed by atoms with E-state index in [2.05, 4.69) is 11.8 Å². The minimum Gasteiger partial charge on any atom is -0.372 e. The third kappa shape index (κ3) is 3.45. The van der Waals surface area contributed by atoms with Gasteiger partial charge in [-0.05, 0) is 35.4 Å². The number of nitrogens with two attached hydrogens (primary N) is 1. The van der Waals surface area contributed by atoms with E-state index >= 15 is 0 Å². The highest BCUT2D eigenvalue weighted by Gasteiger charge is 2.37. The number of hydrogen-bond donors (Lipinski definition) is 2. The summed E-state index contributed by atoms with van der Waals surface area (Å²) in [7, 11) is 0. The highest BCUT2D eigenvalue weighted by atomic mass is 16.3. The fraction of sp³-hybridized carbons (Fsp3) is 0.0455. The first kappa shape index (κ1) is 16.5. The molecule has 0 fully saturated rings. The highest BCUT2D eigenvalue weighted by molar-refractivity contribution is 5.88. The Labute approximate surface area is 146 Å². The van der Waals surface area contributed by atoms with Crippen LogP contribution in [0.5, 0.6) is 0 Å². The molecule has 3 N–H and O–H groups in total. The third-order valence-corrected chi connectivity index (χ3v) is 3.98. The SMILES string of the molecule is NC(=O)C(O)(c1ccccc1)c1ccc(C#Cc2ccccc2)cc1. The number of aliphatic hydroxyl groups is 1. The Morgan fingerprint density at radius 1 is 0.720 bits per heavy atom. The van der Waals surface area contributed by atoms with Crippen LogP contribution in [-0.2, 0) is 10.4 Å². The molecule has 0 heterocycles. The molecule has 1 unspecified atom stereocenters. The number of rotatable bonds is 3. The summed E-state index contributed by atoms with van der Waals surface area (Å²) in [5.74, 6) is 5.31. The quantitative estimate of drug-likeness (QED) is 0.727. The first-order chi connectivity index (χ1) is 12.1.